The highest BCUT2D eigenvalue weighted by molar-refractivity contribution is 5.18. The Morgan fingerprint density at radius 3 is 1.63 bits per heavy atom. The Morgan fingerprint density at radius 1 is 0.704 bits per heavy atom. The molecule has 2 rings (SSSR count). The van der Waals surface area contributed by atoms with Crippen LogP contribution in [0.15, 0.2) is 0 Å². The van der Waals surface area contributed by atoms with E-state index in [1.165, 1.54) is 51.4 Å². The van der Waals surface area contributed by atoms with Crippen LogP contribution in [0.3, 0.4) is 0 Å². The van der Waals surface area contributed by atoms with E-state index in [4.69, 9.17) is 11.5 Å². The van der Waals surface area contributed by atoms with Gasteiger partial charge in [-0.05, 0) is 66.6 Å². The summed E-state index contributed by atoms with van der Waals surface area (Å²) >= 11 is 0. The zero-order chi connectivity index (χ0) is 20.6. The molecule has 2 unspecified atom stereocenters. The van der Waals surface area contributed by atoms with Crippen molar-refractivity contribution in [3.8, 4) is 0 Å². The minimum atomic E-state index is -0.580. The van der Waals surface area contributed by atoms with E-state index in [0.717, 1.165) is 0 Å². The molecule has 2 heteroatoms. The summed E-state index contributed by atoms with van der Waals surface area (Å²) < 4.78 is 0. The van der Waals surface area contributed by atoms with Gasteiger partial charge < -0.3 is 11.5 Å². The molecule has 0 saturated heterocycles. The Bertz CT molecular complexity index is 463. The van der Waals surface area contributed by atoms with Gasteiger partial charge in [0, 0.05) is 5.41 Å². The van der Waals surface area contributed by atoms with Gasteiger partial charge in [0.15, 0.2) is 0 Å². The zero-order valence-corrected chi connectivity index (χ0v) is 19.8. The first kappa shape index (κ1) is 23.2. The number of hydrogen-bond donors (Lipinski definition) is 2. The maximum atomic E-state index is 7.39. The lowest BCUT2D eigenvalue weighted by atomic mass is 9.35. The Hall–Kier alpha value is -0.0800. The summed E-state index contributed by atoms with van der Waals surface area (Å²) in [4.78, 5) is 0. The van der Waals surface area contributed by atoms with Gasteiger partial charge in [-0.25, -0.2) is 0 Å². The summed E-state index contributed by atoms with van der Waals surface area (Å²) in [6.45, 7) is 19.6. The third-order valence-corrected chi connectivity index (χ3v) is 9.23. The van der Waals surface area contributed by atoms with E-state index < -0.39 is 5.66 Å². The van der Waals surface area contributed by atoms with Crippen molar-refractivity contribution in [2.24, 2.45) is 57.8 Å². The molecular weight excluding hydrogens is 328 g/mol. The third-order valence-electron chi connectivity index (χ3n) is 9.23. The van der Waals surface area contributed by atoms with Crippen molar-refractivity contribution in [3.63, 3.8) is 0 Å². The normalized spacial score (nSPS) is 30.7. The van der Waals surface area contributed by atoms with Gasteiger partial charge in [0.05, 0.1) is 5.66 Å². The minimum Gasteiger partial charge on any atom is -0.313 e. The van der Waals surface area contributed by atoms with Crippen LogP contribution >= 0.6 is 0 Å². The van der Waals surface area contributed by atoms with Gasteiger partial charge >= 0.3 is 0 Å². The molecule has 2 atom stereocenters. The van der Waals surface area contributed by atoms with E-state index in [1.54, 1.807) is 0 Å². The van der Waals surface area contributed by atoms with E-state index in [0.29, 0.717) is 35.5 Å². The first-order valence-corrected chi connectivity index (χ1v) is 12.1. The summed E-state index contributed by atoms with van der Waals surface area (Å²) in [5.74, 6) is 3.52. The predicted molar refractivity (Wildman–Crippen MR) is 119 cm³/mol. The average Bonchev–Trinajstić information content (AvgIpc) is 2.60. The van der Waals surface area contributed by atoms with E-state index >= 15 is 0 Å². The molecule has 2 nitrogen and oxygen atoms in total. The topological polar surface area (TPSA) is 52.0 Å². The second kappa shape index (κ2) is 8.34. The van der Waals surface area contributed by atoms with Gasteiger partial charge in [0.25, 0.3) is 0 Å². The van der Waals surface area contributed by atoms with Gasteiger partial charge in [-0.15, -0.1) is 0 Å². The van der Waals surface area contributed by atoms with Crippen LogP contribution < -0.4 is 11.5 Å². The highest BCUT2D eigenvalue weighted by Gasteiger charge is 2.68. The molecule has 2 saturated carbocycles. The van der Waals surface area contributed by atoms with Crippen LogP contribution in [-0.2, 0) is 0 Å². The molecule has 0 radical (unpaired) electrons. The molecule has 0 aromatic carbocycles. The summed E-state index contributed by atoms with van der Waals surface area (Å²) in [5, 5.41) is 0. The standard InChI is InChI=1S/C25H50N2/c1-17(2)22-15-12-16-23(18(3)4,24(22,19(5)6)20(7)8)25(26,27)21-13-10-9-11-14-21/h17-22H,9-16,26-27H2,1-8H3. The van der Waals surface area contributed by atoms with Gasteiger partial charge in [0.2, 0.25) is 0 Å². The molecule has 0 aromatic heterocycles. The summed E-state index contributed by atoms with van der Waals surface area (Å²) in [6, 6.07) is 0. The Morgan fingerprint density at radius 2 is 1.22 bits per heavy atom. The SMILES string of the molecule is CC(C)C1CCCC(C(C)C)(C(N)(N)C2CCCCC2)C1(C(C)C)C(C)C. The van der Waals surface area contributed by atoms with Crippen LogP contribution in [0.25, 0.3) is 0 Å². The van der Waals surface area contributed by atoms with Gasteiger partial charge in [-0.3, -0.25) is 0 Å². The minimum absolute atomic E-state index is 0.00245. The molecule has 0 heterocycles. The van der Waals surface area contributed by atoms with Crippen LogP contribution in [-0.4, -0.2) is 5.66 Å². The number of rotatable bonds is 6. The second-order valence-electron chi connectivity index (χ2n) is 11.4. The van der Waals surface area contributed by atoms with E-state index in [9.17, 15) is 0 Å². The molecule has 0 spiro atoms. The Kier molecular flexibility index (Phi) is 7.17. The molecule has 4 N–H and O–H groups in total. The summed E-state index contributed by atoms with van der Waals surface area (Å²) in [6.07, 6.45) is 10.2. The van der Waals surface area contributed by atoms with Gasteiger partial charge in [0.1, 0.15) is 0 Å². The average molecular weight is 379 g/mol. The molecule has 0 aromatic rings. The molecule has 0 bridgehead atoms. The molecule has 27 heavy (non-hydrogen) atoms. The number of hydrogen-bond acceptors (Lipinski definition) is 2. The van der Waals surface area contributed by atoms with Crippen molar-refractivity contribution in [1.29, 1.82) is 0 Å². The van der Waals surface area contributed by atoms with Gasteiger partial charge in [-0.2, -0.15) is 0 Å². The summed E-state index contributed by atoms with van der Waals surface area (Å²) in [7, 11) is 0. The fourth-order valence-electron chi connectivity index (χ4n) is 8.65. The van der Waals surface area contributed by atoms with E-state index in [-0.39, 0.29) is 10.8 Å². The molecule has 2 aliphatic carbocycles. The lowest BCUT2D eigenvalue weighted by Crippen LogP contribution is -2.77. The smallest absolute Gasteiger partial charge is 0.0731 e. The van der Waals surface area contributed by atoms with Crippen LogP contribution in [0.5, 0.6) is 0 Å². The van der Waals surface area contributed by atoms with Crippen LogP contribution in [0.2, 0.25) is 0 Å². The van der Waals surface area contributed by atoms with Crippen LogP contribution in [0.1, 0.15) is 107 Å². The van der Waals surface area contributed by atoms with Gasteiger partial charge in [-0.1, -0.05) is 81.1 Å². The Labute approximate surface area is 170 Å². The summed E-state index contributed by atoms with van der Waals surface area (Å²) in [5.41, 5.74) is 14.4. The van der Waals surface area contributed by atoms with Crippen molar-refractivity contribution in [2.75, 3.05) is 0 Å². The number of nitrogens with two attached hydrogens (primary N) is 2. The van der Waals surface area contributed by atoms with Crippen LogP contribution in [0.4, 0.5) is 0 Å². The van der Waals surface area contributed by atoms with Crippen molar-refractivity contribution >= 4 is 0 Å². The molecule has 160 valence electrons. The van der Waals surface area contributed by atoms with Crippen molar-refractivity contribution in [2.45, 2.75) is 112 Å². The van der Waals surface area contributed by atoms with Crippen molar-refractivity contribution < 1.29 is 0 Å². The fourth-order valence-corrected chi connectivity index (χ4v) is 8.65. The molecule has 2 fully saturated rings. The molecule has 0 aliphatic heterocycles. The maximum absolute atomic E-state index is 7.39. The van der Waals surface area contributed by atoms with E-state index in [2.05, 4.69) is 55.4 Å². The van der Waals surface area contributed by atoms with E-state index in [1.807, 2.05) is 0 Å². The zero-order valence-electron chi connectivity index (χ0n) is 19.8. The monoisotopic (exact) mass is 378 g/mol. The molecule has 2 aliphatic rings. The molecular formula is C25H50N2. The third kappa shape index (κ3) is 3.31. The maximum Gasteiger partial charge on any atom is 0.0731 e. The lowest BCUT2D eigenvalue weighted by molar-refractivity contribution is -0.218. The van der Waals surface area contributed by atoms with Crippen molar-refractivity contribution in [1.82, 2.24) is 0 Å². The Balaban J connectivity index is 2.75. The molecule has 0 amide bonds. The first-order chi connectivity index (χ1) is 12.5. The quantitative estimate of drug-likeness (QED) is 0.513. The second-order valence-corrected chi connectivity index (χ2v) is 11.4. The largest absolute Gasteiger partial charge is 0.313 e. The van der Waals surface area contributed by atoms with Crippen LogP contribution in [0, 0.1) is 46.3 Å². The highest BCUT2D eigenvalue weighted by Crippen LogP contribution is 2.69. The lowest BCUT2D eigenvalue weighted by Gasteiger charge is -2.71. The fraction of sp³-hybridized carbons (Fsp3) is 1.00. The predicted octanol–water partition coefficient (Wildman–Crippen LogP) is 6.58. The highest BCUT2D eigenvalue weighted by atomic mass is 15.0. The first-order valence-electron chi connectivity index (χ1n) is 12.1. The van der Waals surface area contributed by atoms with Crippen molar-refractivity contribution in [3.05, 3.63) is 0 Å².